The van der Waals surface area contributed by atoms with Crippen LogP contribution in [0.3, 0.4) is 0 Å². The van der Waals surface area contributed by atoms with Gasteiger partial charge in [0.1, 0.15) is 0 Å². The topological polar surface area (TPSA) is 57.3 Å². The van der Waals surface area contributed by atoms with E-state index < -0.39 is 9.84 Å². The minimum atomic E-state index is -2.78. The lowest BCUT2D eigenvalue weighted by molar-refractivity contribution is 0.145. The molecule has 1 rings (SSSR count). The maximum atomic E-state index is 10.9. The van der Waals surface area contributed by atoms with Gasteiger partial charge < -0.3 is 0 Å². The third kappa shape index (κ3) is 2.76. The Hall–Kier alpha value is -0.130. The number of nitrogens with zero attached hydrogens (tertiary/aromatic N) is 1. The third-order valence-corrected chi connectivity index (χ3v) is 3.45. The fourth-order valence-corrected chi connectivity index (χ4v) is 2.38. The molecule has 0 amide bonds. The van der Waals surface area contributed by atoms with Gasteiger partial charge in [0.2, 0.25) is 0 Å². The van der Waals surface area contributed by atoms with Crippen molar-refractivity contribution < 1.29 is 13.5 Å². The number of sulfone groups is 1. The zero-order valence-electron chi connectivity index (χ0n) is 6.32. The molecule has 1 radical (unpaired) electrons. The van der Waals surface area contributed by atoms with E-state index in [0.717, 1.165) is 0 Å². The van der Waals surface area contributed by atoms with Crippen LogP contribution in [-0.2, 0) is 14.9 Å². The summed E-state index contributed by atoms with van der Waals surface area (Å²) in [5.74, 6) is 0.431. The van der Waals surface area contributed by atoms with Crippen LogP contribution in [0.2, 0.25) is 0 Å². The third-order valence-electron chi connectivity index (χ3n) is 1.84. The zero-order valence-corrected chi connectivity index (χ0v) is 7.14. The highest BCUT2D eigenvalue weighted by molar-refractivity contribution is 7.91. The Morgan fingerprint density at radius 2 is 1.73 bits per heavy atom. The van der Waals surface area contributed by atoms with Crippen LogP contribution in [0.1, 0.15) is 0 Å². The van der Waals surface area contributed by atoms with E-state index in [2.05, 4.69) is 0 Å². The molecule has 0 aliphatic carbocycles. The summed E-state index contributed by atoms with van der Waals surface area (Å²) in [5, 5.41) is 10.2. The minimum absolute atomic E-state index is 0.139. The van der Waals surface area contributed by atoms with Gasteiger partial charge in [0.25, 0.3) is 0 Å². The molecule has 0 bridgehead atoms. The molecule has 0 spiro atoms. The molecular formula is C6H12NO3S. The molecule has 5 heteroatoms. The Kier molecular flexibility index (Phi) is 2.86. The second-order valence-corrected chi connectivity index (χ2v) is 5.00. The molecule has 4 nitrogen and oxygen atoms in total. The van der Waals surface area contributed by atoms with Crippen LogP contribution in [-0.4, -0.2) is 51.1 Å². The fraction of sp³-hybridized carbons (Fsp3) is 1.00. The predicted molar refractivity (Wildman–Crippen MR) is 40.6 cm³/mol. The summed E-state index contributed by atoms with van der Waals surface area (Å²) in [6.07, 6.45) is 0. The average molecular weight is 178 g/mol. The molecule has 11 heavy (non-hydrogen) atoms. The van der Waals surface area contributed by atoms with Crippen molar-refractivity contribution in [3.05, 3.63) is 0 Å². The standard InChI is InChI=1S/C6H12NO3S/c8-4-1-7-2-5-11(9,10)6-3-7/h1-6H2. The molecule has 1 saturated heterocycles. The Bertz CT molecular complexity index is 198. The lowest BCUT2D eigenvalue weighted by Gasteiger charge is -2.24. The van der Waals surface area contributed by atoms with Gasteiger partial charge in [0, 0.05) is 19.6 Å². The highest BCUT2D eigenvalue weighted by Gasteiger charge is 2.20. The van der Waals surface area contributed by atoms with Gasteiger partial charge >= 0.3 is 0 Å². The molecule has 1 fully saturated rings. The van der Waals surface area contributed by atoms with Crippen LogP contribution in [0.5, 0.6) is 0 Å². The van der Waals surface area contributed by atoms with E-state index in [1.807, 2.05) is 4.90 Å². The van der Waals surface area contributed by atoms with Crippen molar-refractivity contribution in [1.29, 1.82) is 0 Å². The molecule has 0 aromatic heterocycles. The summed E-state index contributed by atoms with van der Waals surface area (Å²) >= 11 is 0. The van der Waals surface area contributed by atoms with Crippen molar-refractivity contribution in [3.63, 3.8) is 0 Å². The summed E-state index contributed by atoms with van der Waals surface area (Å²) in [5.41, 5.74) is 0. The molecule has 1 aliphatic rings. The Labute approximate surface area is 66.7 Å². The first-order valence-electron chi connectivity index (χ1n) is 3.65. The predicted octanol–water partition coefficient (Wildman–Crippen LogP) is -0.853. The first kappa shape index (κ1) is 8.96. The summed E-state index contributed by atoms with van der Waals surface area (Å²) in [4.78, 5) is 1.90. The first-order valence-corrected chi connectivity index (χ1v) is 5.47. The SMILES string of the molecule is [O]CCN1CCS(=O)(=O)CC1. The van der Waals surface area contributed by atoms with E-state index >= 15 is 0 Å². The molecule has 0 N–H and O–H groups in total. The molecule has 1 aliphatic heterocycles. The normalized spacial score (nSPS) is 25.2. The number of rotatable bonds is 2. The summed E-state index contributed by atoms with van der Waals surface area (Å²) in [6.45, 7) is 1.41. The highest BCUT2D eigenvalue weighted by Crippen LogP contribution is 2.02. The van der Waals surface area contributed by atoms with Crippen molar-refractivity contribution in [2.24, 2.45) is 0 Å². The van der Waals surface area contributed by atoms with Gasteiger partial charge in [-0.1, -0.05) is 0 Å². The number of hydrogen-bond donors (Lipinski definition) is 0. The molecule has 0 aromatic rings. The lowest BCUT2D eigenvalue weighted by atomic mass is 10.5. The highest BCUT2D eigenvalue weighted by atomic mass is 32.2. The van der Waals surface area contributed by atoms with Crippen LogP contribution in [0, 0.1) is 0 Å². The monoisotopic (exact) mass is 178 g/mol. The molecule has 0 aromatic carbocycles. The first-order chi connectivity index (χ1) is 5.14. The van der Waals surface area contributed by atoms with Gasteiger partial charge in [0.15, 0.2) is 9.84 Å². The van der Waals surface area contributed by atoms with Crippen molar-refractivity contribution in [1.82, 2.24) is 4.90 Å². The van der Waals surface area contributed by atoms with Gasteiger partial charge in [-0.05, 0) is 0 Å². The fourth-order valence-electron chi connectivity index (χ4n) is 1.10. The molecule has 65 valence electrons. The van der Waals surface area contributed by atoms with Crippen LogP contribution in [0.15, 0.2) is 0 Å². The van der Waals surface area contributed by atoms with E-state index in [-0.39, 0.29) is 18.1 Å². The summed E-state index contributed by atoms with van der Waals surface area (Å²) in [7, 11) is -2.78. The van der Waals surface area contributed by atoms with Crippen molar-refractivity contribution >= 4 is 9.84 Å². The van der Waals surface area contributed by atoms with Crippen molar-refractivity contribution in [3.8, 4) is 0 Å². The minimum Gasteiger partial charge on any atom is -0.299 e. The van der Waals surface area contributed by atoms with Gasteiger partial charge in [-0.2, -0.15) is 0 Å². The van der Waals surface area contributed by atoms with Crippen LogP contribution >= 0.6 is 0 Å². The van der Waals surface area contributed by atoms with Crippen molar-refractivity contribution in [2.75, 3.05) is 37.7 Å². The van der Waals surface area contributed by atoms with Gasteiger partial charge in [-0.3, -0.25) is 4.90 Å². The quantitative estimate of drug-likeness (QED) is 0.553. The van der Waals surface area contributed by atoms with Crippen LogP contribution in [0.25, 0.3) is 0 Å². The molecule has 0 saturated carbocycles. The van der Waals surface area contributed by atoms with Gasteiger partial charge in [-0.15, -0.1) is 0 Å². The maximum Gasteiger partial charge on any atom is 0.152 e. The van der Waals surface area contributed by atoms with Gasteiger partial charge in [-0.25, -0.2) is 13.5 Å². The summed E-state index contributed by atoms with van der Waals surface area (Å²) in [6, 6.07) is 0. The Morgan fingerprint density at radius 3 is 2.18 bits per heavy atom. The van der Waals surface area contributed by atoms with E-state index in [4.69, 9.17) is 0 Å². The molecule has 0 unspecified atom stereocenters. The maximum absolute atomic E-state index is 10.9. The van der Waals surface area contributed by atoms with E-state index in [9.17, 15) is 13.5 Å². The van der Waals surface area contributed by atoms with E-state index in [1.165, 1.54) is 0 Å². The number of hydrogen-bond acceptors (Lipinski definition) is 3. The Morgan fingerprint density at radius 1 is 1.18 bits per heavy atom. The largest absolute Gasteiger partial charge is 0.299 e. The van der Waals surface area contributed by atoms with Crippen LogP contribution < -0.4 is 0 Å². The molecule has 1 heterocycles. The lowest BCUT2D eigenvalue weighted by Crippen LogP contribution is -2.41. The summed E-state index contributed by atoms with van der Waals surface area (Å²) < 4.78 is 21.8. The molecule has 0 atom stereocenters. The van der Waals surface area contributed by atoms with E-state index in [0.29, 0.717) is 19.6 Å². The smallest absolute Gasteiger partial charge is 0.152 e. The average Bonchev–Trinajstić information content (AvgIpc) is 1.94. The van der Waals surface area contributed by atoms with Crippen molar-refractivity contribution in [2.45, 2.75) is 0 Å². The Balaban J connectivity index is 2.36. The molecular weight excluding hydrogens is 166 g/mol. The zero-order chi connectivity index (χ0) is 8.32. The second kappa shape index (κ2) is 3.51. The van der Waals surface area contributed by atoms with Gasteiger partial charge in [0.05, 0.1) is 18.1 Å². The van der Waals surface area contributed by atoms with Crippen LogP contribution in [0.4, 0.5) is 0 Å². The van der Waals surface area contributed by atoms with E-state index in [1.54, 1.807) is 0 Å². The second-order valence-electron chi connectivity index (χ2n) is 2.70.